The molecule has 0 amide bonds. The van der Waals surface area contributed by atoms with Crippen LogP contribution in [0.2, 0.25) is 0 Å². The van der Waals surface area contributed by atoms with E-state index < -0.39 is 0 Å². The van der Waals surface area contributed by atoms with Gasteiger partial charge in [-0.25, -0.2) is 0 Å². The number of benzene rings is 2. The molecule has 0 spiro atoms. The first-order chi connectivity index (χ1) is 13.7. The monoisotopic (exact) mass is 367 g/mol. The van der Waals surface area contributed by atoms with Crippen molar-refractivity contribution in [3.8, 4) is 11.1 Å². The minimum Gasteiger partial charge on any atom is -0.334 e. The van der Waals surface area contributed by atoms with Gasteiger partial charge < -0.3 is 4.90 Å². The van der Waals surface area contributed by atoms with E-state index in [0.717, 1.165) is 6.42 Å². The molecule has 0 N–H and O–H groups in total. The fraction of sp³-hybridized carbons (Fsp3) is 0.185. The van der Waals surface area contributed by atoms with Crippen molar-refractivity contribution in [3.05, 3.63) is 114 Å². The topological polar surface area (TPSA) is 3.24 Å². The summed E-state index contributed by atoms with van der Waals surface area (Å²) in [5, 5.41) is 0. The van der Waals surface area contributed by atoms with Crippen LogP contribution < -0.4 is 4.90 Å². The highest BCUT2D eigenvalue weighted by molar-refractivity contribution is 5.68. The van der Waals surface area contributed by atoms with Crippen LogP contribution in [-0.2, 0) is 0 Å². The van der Waals surface area contributed by atoms with Crippen molar-refractivity contribution in [3.63, 3.8) is 0 Å². The average molecular weight is 368 g/mol. The van der Waals surface area contributed by atoms with Crippen LogP contribution in [0.25, 0.3) is 11.1 Å². The molecule has 0 aliphatic heterocycles. The maximum atomic E-state index is 2.42. The molecule has 0 heterocycles. The number of anilines is 1. The summed E-state index contributed by atoms with van der Waals surface area (Å²) in [6.07, 6.45) is 18.5. The standard InChI is InChI=1S/C27H29N/c1-4-6-13-25(10-5-2)28(26-18-14-22(3)15-19-26)27-20-16-24(17-21-27)23-11-8-7-9-12-23/h4-18,20-21,26H,19H2,1-3H3/b6-4+,10-5+,25-13+. The summed E-state index contributed by atoms with van der Waals surface area (Å²) in [5.41, 5.74) is 6.21. The normalized spacial score (nSPS) is 17.3. The largest absolute Gasteiger partial charge is 0.334 e. The number of allylic oxidation sites excluding steroid dienone is 7. The van der Waals surface area contributed by atoms with Gasteiger partial charge >= 0.3 is 0 Å². The summed E-state index contributed by atoms with van der Waals surface area (Å²) < 4.78 is 0. The molecule has 0 saturated heterocycles. The fourth-order valence-corrected chi connectivity index (χ4v) is 3.47. The summed E-state index contributed by atoms with van der Waals surface area (Å²) in [5.74, 6) is 0. The van der Waals surface area contributed by atoms with E-state index in [2.05, 4.69) is 129 Å². The zero-order valence-corrected chi connectivity index (χ0v) is 17.0. The lowest BCUT2D eigenvalue weighted by Gasteiger charge is -2.34. The predicted octanol–water partition coefficient (Wildman–Crippen LogP) is 7.47. The summed E-state index contributed by atoms with van der Waals surface area (Å²) in [6.45, 7) is 6.28. The summed E-state index contributed by atoms with van der Waals surface area (Å²) >= 11 is 0. The van der Waals surface area contributed by atoms with Gasteiger partial charge in [0.25, 0.3) is 0 Å². The van der Waals surface area contributed by atoms with Gasteiger partial charge in [0, 0.05) is 11.4 Å². The van der Waals surface area contributed by atoms with Crippen molar-refractivity contribution in [1.82, 2.24) is 0 Å². The zero-order chi connectivity index (χ0) is 19.8. The van der Waals surface area contributed by atoms with Crippen LogP contribution in [-0.4, -0.2) is 6.04 Å². The lowest BCUT2D eigenvalue weighted by molar-refractivity contribution is 0.757. The Labute approximate surface area is 169 Å². The summed E-state index contributed by atoms with van der Waals surface area (Å²) in [7, 11) is 0. The van der Waals surface area contributed by atoms with Crippen molar-refractivity contribution in [2.24, 2.45) is 0 Å². The van der Waals surface area contributed by atoms with E-state index in [1.165, 1.54) is 28.1 Å². The summed E-state index contributed by atoms with van der Waals surface area (Å²) in [6, 6.07) is 19.7. The van der Waals surface area contributed by atoms with E-state index in [1.54, 1.807) is 0 Å². The van der Waals surface area contributed by atoms with Crippen molar-refractivity contribution in [1.29, 1.82) is 0 Å². The molecule has 1 atom stereocenters. The second-order valence-corrected chi connectivity index (χ2v) is 7.01. The van der Waals surface area contributed by atoms with Gasteiger partial charge in [0.2, 0.25) is 0 Å². The van der Waals surface area contributed by atoms with Crippen molar-refractivity contribution in [2.75, 3.05) is 4.90 Å². The Kier molecular flexibility index (Phi) is 6.86. The highest BCUT2D eigenvalue weighted by Crippen LogP contribution is 2.30. The molecule has 0 radical (unpaired) electrons. The molecule has 1 nitrogen and oxygen atoms in total. The van der Waals surface area contributed by atoms with Gasteiger partial charge in [-0.3, -0.25) is 0 Å². The highest BCUT2D eigenvalue weighted by Gasteiger charge is 2.20. The number of hydrogen-bond acceptors (Lipinski definition) is 1. The van der Waals surface area contributed by atoms with Gasteiger partial charge in [0.05, 0.1) is 6.04 Å². The first kappa shape index (κ1) is 19.7. The third kappa shape index (κ3) is 4.80. The van der Waals surface area contributed by atoms with Gasteiger partial charge in [-0.15, -0.1) is 0 Å². The van der Waals surface area contributed by atoms with Gasteiger partial charge in [0.15, 0.2) is 0 Å². The maximum Gasteiger partial charge on any atom is 0.0560 e. The Hall–Kier alpha value is -3.06. The molecular formula is C27H29N. The first-order valence-electron chi connectivity index (χ1n) is 9.98. The van der Waals surface area contributed by atoms with E-state index in [4.69, 9.17) is 0 Å². The second-order valence-electron chi connectivity index (χ2n) is 7.01. The molecule has 0 aromatic heterocycles. The Balaban J connectivity index is 1.99. The van der Waals surface area contributed by atoms with Crippen molar-refractivity contribution >= 4 is 5.69 Å². The molecule has 2 aromatic carbocycles. The smallest absolute Gasteiger partial charge is 0.0560 e. The Bertz CT molecular complexity index is 908. The molecule has 0 bridgehead atoms. The molecule has 2 aromatic rings. The van der Waals surface area contributed by atoms with Crippen LogP contribution in [0.1, 0.15) is 27.2 Å². The van der Waals surface area contributed by atoms with Gasteiger partial charge in [-0.1, -0.05) is 84.5 Å². The maximum absolute atomic E-state index is 2.42. The third-order valence-electron chi connectivity index (χ3n) is 4.92. The molecule has 0 fully saturated rings. The Morgan fingerprint density at radius 3 is 2.25 bits per heavy atom. The number of rotatable bonds is 6. The first-order valence-corrected chi connectivity index (χ1v) is 9.98. The van der Waals surface area contributed by atoms with Crippen LogP contribution in [0.3, 0.4) is 0 Å². The molecular weight excluding hydrogens is 338 g/mol. The van der Waals surface area contributed by atoms with Crippen LogP contribution in [0, 0.1) is 0 Å². The highest BCUT2D eigenvalue weighted by atomic mass is 15.2. The van der Waals surface area contributed by atoms with Gasteiger partial charge in [0.1, 0.15) is 0 Å². The fourth-order valence-electron chi connectivity index (χ4n) is 3.47. The quantitative estimate of drug-likeness (QED) is 0.479. The average Bonchev–Trinajstić information content (AvgIpc) is 2.74. The van der Waals surface area contributed by atoms with Crippen molar-refractivity contribution in [2.45, 2.75) is 33.2 Å². The lowest BCUT2D eigenvalue weighted by Crippen LogP contribution is -2.33. The Morgan fingerprint density at radius 1 is 0.929 bits per heavy atom. The van der Waals surface area contributed by atoms with Gasteiger partial charge in [-0.2, -0.15) is 0 Å². The number of nitrogens with zero attached hydrogens (tertiary/aromatic N) is 1. The predicted molar refractivity (Wildman–Crippen MR) is 123 cm³/mol. The zero-order valence-electron chi connectivity index (χ0n) is 17.0. The minimum absolute atomic E-state index is 0.305. The molecule has 3 rings (SSSR count). The molecule has 1 aliphatic carbocycles. The van der Waals surface area contributed by atoms with E-state index in [1.807, 2.05) is 0 Å². The van der Waals surface area contributed by atoms with Crippen LogP contribution in [0.5, 0.6) is 0 Å². The molecule has 1 aliphatic rings. The Morgan fingerprint density at radius 2 is 1.64 bits per heavy atom. The van der Waals surface area contributed by atoms with Gasteiger partial charge in [-0.05, 0) is 62.6 Å². The molecule has 1 unspecified atom stereocenters. The summed E-state index contributed by atoms with van der Waals surface area (Å²) in [4.78, 5) is 2.42. The van der Waals surface area contributed by atoms with E-state index >= 15 is 0 Å². The second kappa shape index (κ2) is 9.75. The molecule has 0 saturated carbocycles. The van der Waals surface area contributed by atoms with Crippen LogP contribution in [0.4, 0.5) is 5.69 Å². The lowest BCUT2D eigenvalue weighted by atomic mass is 10.00. The van der Waals surface area contributed by atoms with Crippen molar-refractivity contribution < 1.29 is 0 Å². The van der Waals surface area contributed by atoms with E-state index in [0.29, 0.717) is 6.04 Å². The van der Waals surface area contributed by atoms with Crippen LogP contribution >= 0.6 is 0 Å². The van der Waals surface area contributed by atoms with E-state index in [9.17, 15) is 0 Å². The SMILES string of the molecule is C/C=C/C=C(\C=C\C)N(c1ccc(-c2ccccc2)cc1)C1C=CC(C)=CC1. The molecule has 28 heavy (non-hydrogen) atoms. The minimum atomic E-state index is 0.305. The van der Waals surface area contributed by atoms with Crippen LogP contribution in [0.15, 0.2) is 114 Å². The van der Waals surface area contributed by atoms with E-state index in [-0.39, 0.29) is 0 Å². The third-order valence-corrected chi connectivity index (χ3v) is 4.92. The number of hydrogen-bond donors (Lipinski definition) is 0. The molecule has 142 valence electrons. The molecule has 1 heteroatoms.